The molecule has 0 aliphatic carbocycles. The van der Waals surface area contributed by atoms with E-state index < -0.39 is 0 Å². The highest BCUT2D eigenvalue weighted by Gasteiger charge is 2.13. The Morgan fingerprint density at radius 2 is 1.81 bits per heavy atom. The molecule has 2 rings (SSSR count). The van der Waals surface area contributed by atoms with Crippen LogP contribution in [-0.2, 0) is 0 Å². The summed E-state index contributed by atoms with van der Waals surface area (Å²) in [5.41, 5.74) is 2.41. The van der Waals surface area contributed by atoms with Crippen LogP contribution in [0.15, 0.2) is 30.3 Å². The first-order valence-corrected chi connectivity index (χ1v) is 7.46. The molecule has 0 atom stereocenters. The fraction of sp³-hybridized carbons (Fsp3) is 0.412. The van der Waals surface area contributed by atoms with Crippen LogP contribution in [0.1, 0.15) is 38.1 Å². The van der Waals surface area contributed by atoms with Crippen LogP contribution in [-0.4, -0.2) is 23.6 Å². The summed E-state index contributed by atoms with van der Waals surface area (Å²) >= 11 is 0. The minimum absolute atomic E-state index is 0.300. The van der Waals surface area contributed by atoms with Gasteiger partial charge >= 0.3 is 0 Å². The van der Waals surface area contributed by atoms with Crippen LogP contribution >= 0.6 is 0 Å². The van der Waals surface area contributed by atoms with Gasteiger partial charge in [-0.15, -0.1) is 0 Å². The van der Waals surface area contributed by atoms with E-state index in [2.05, 4.69) is 67.2 Å². The molecule has 1 aromatic heterocycles. The summed E-state index contributed by atoms with van der Waals surface area (Å²) < 4.78 is 0. The second kappa shape index (κ2) is 6.57. The molecule has 1 N–H and O–H groups in total. The average Bonchev–Trinajstić information content (AvgIpc) is 2.49. The van der Waals surface area contributed by atoms with Crippen LogP contribution in [0.5, 0.6) is 0 Å². The van der Waals surface area contributed by atoms with Crippen molar-refractivity contribution in [2.45, 2.75) is 33.6 Å². The predicted octanol–water partition coefficient (Wildman–Crippen LogP) is 4.11. The van der Waals surface area contributed by atoms with Gasteiger partial charge in [0, 0.05) is 31.3 Å². The SMILES string of the molecule is CCN(c1ccc(C)cc1)c1cc(NC)nc(C(C)C)n1. The van der Waals surface area contributed by atoms with Crippen molar-refractivity contribution in [3.8, 4) is 0 Å². The molecular weight excluding hydrogens is 260 g/mol. The van der Waals surface area contributed by atoms with E-state index in [-0.39, 0.29) is 0 Å². The maximum atomic E-state index is 4.73. The van der Waals surface area contributed by atoms with E-state index >= 15 is 0 Å². The summed E-state index contributed by atoms with van der Waals surface area (Å²) in [7, 11) is 1.89. The molecule has 0 fully saturated rings. The zero-order valence-electron chi connectivity index (χ0n) is 13.5. The van der Waals surface area contributed by atoms with Gasteiger partial charge in [-0.05, 0) is 26.0 Å². The highest BCUT2D eigenvalue weighted by molar-refractivity contribution is 5.62. The molecular formula is C17H24N4. The molecule has 0 saturated carbocycles. The van der Waals surface area contributed by atoms with Crippen LogP contribution in [0.25, 0.3) is 0 Å². The maximum Gasteiger partial charge on any atom is 0.138 e. The number of nitrogens with zero attached hydrogens (tertiary/aromatic N) is 3. The number of aromatic nitrogens is 2. The van der Waals surface area contributed by atoms with Crippen molar-refractivity contribution in [3.63, 3.8) is 0 Å². The molecule has 4 nitrogen and oxygen atoms in total. The number of hydrogen-bond acceptors (Lipinski definition) is 4. The molecule has 0 aliphatic rings. The molecule has 2 aromatic rings. The summed E-state index contributed by atoms with van der Waals surface area (Å²) in [5.74, 6) is 2.95. The van der Waals surface area contributed by atoms with E-state index in [1.165, 1.54) is 5.56 Å². The van der Waals surface area contributed by atoms with Gasteiger partial charge in [0.1, 0.15) is 17.5 Å². The summed E-state index contributed by atoms with van der Waals surface area (Å²) in [6, 6.07) is 10.5. The first kappa shape index (κ1) is 15.3. The molecule has 0 radical (unpaired) electrons. The third-order valence-electron chi connectivity index (χ3n) is 3.44. The molecule has 21 heavy (non-hydrogen) atoms. The number of nitrogens with one attached hydrogen (secondary N) is 1. The first-order valence-electron chi connectivity index (χ1n) is 7.46. The quantitative estimate of drug-likeness (QED) is 0.897. The maximum absolute atomic E-state index is 4.73. The van der Waals surface area contributed by atoms with E-state index in [1.54, 1.807) is 0 Å². The number of benzene rings is 1. The Bertz CT molecular complexity index is 590. The van der Waals surface area contributed by atoms with Crippen molar-refractivity contribution < 1.29 is 0 Å². The van der Waals surface area contributed by atoms with Crippen molar-refractivity contribution in [3.05, 3.63) is 41.7 Å². The molecule has 0 saturated heterocycles. The Hall–Kier alpha value is -2.10. The van der Waals surface area contributed by atoms with E-state index in [0.717, 1.165) is 29.7 Å². The summed E-state index contributed by atoms with van der Waals surface area (Å²) in [5, 5.41) is 3.12. The van der Waals surface area contributed by atoms with Gasteiger partial charge in [-0.2, -0.15) is 0 Å². The van der Waals surface area contributed by atoms with Gasteiger partial charge in [0.25, 0.3) is 0 Å². The molecule has 0 spiro atoms. The predicted molar refractivity (Wildman–Crippen MR) is 89.5 cm³/mol. The fourth-order valence-electron chi connectivity index (χ4n) is 2.18. The molecule has 0 bridgehead atoms. The molecule has 4 heteroatoms. The summed E-state index contributed by atoms with van der Waals surface area (Å²) in [4.78, 5) is 11.5. The Morgan fingerprint density at radius 3 is 2.33 bits per heavy atom. The zero-order chi connectivity index (χ0) is 15.4. The number of anilines is 3. The van der Waals surface area contributed by atoms with Gasteiger partial charge in [-0.3, -0.25) is 0 Å². The number of rotatable bonds is 5. The third kappa shape index (κ3) is 3.51. The van der Waals surface area contributed by atoms with Crippen LogP contribution in [0.3, 0.4) is 0 Å². The Labute approximate surface area is 127 Å². The van der Waals surface area contributed by atoms with Crippen molar-refractivity contribution in [2.24, 2.45) is 0 Å². The lowest BCUT2D eigenvalue weighted by Crippen LogP contribution is -2.19. The van der Waals surface area contributed by atoms with Crippen molar-refractivity contribution >= 4 is 17.3 Å². The van der Waals surface area contributed by atoms with E-state index in [9.17, 15) is 0 Å². The standard InChI is InChI=1S/C17H24N4/c1-6-21(14-9-7-13(4)8-10-14)16-11-15(18-5)19-17(20-16)12(2)3/h7-12H,6H2,1-5H3,(H,18,19,20). The van der Waals surface area contributed by atoms with E-state index in [1.807, 2.05) is 13.1 Å². The van der Waals surface area contributed by atoms with Crippen molar-refractivity contribution in [2.75, 3.05) is 23.8 Å². The van der Waals surface area contributed by atoms with Gasteiger partial charge < -0.3 is 10.2 Å². The zero-order valence-corrected chi connectivity index (χ0v) is 13.5. The molecule has 0 unspecified atom stereocenters. The van der Waals surface area contributed by atoms with Crippen LogP contribution in [0, 0.1) is 6.92 Å². The monoisotopic (exact) mass is 284 g/mol. The van der Waals surface area contributed by atoms with Gasteiger partial charge in [0.2, 0.25) is 0 Å². The molecule has 112 valence electrons. The topological polar surface area (TPSA) is 41.0 Å². The van der Waals surface area contributed by atoms with E-state index in [0.29, 0.717) is 5.92 Å². The van der Waals surface area contributed by atoms with Crippen molar-refractivity contribution in [1.29, 1.82) is 0 Å². The molecule has 0 aliphatic heterocycles. The lowest BCUT2D eigenvalue weighted by atomic mass is 10.2. The Kier molecular flexibility index (Phi) is 4.78. The Balaban J connectivity index is 2.46. The lowest BCUT2D eigenvalue weighted by molar-refractivity contribution is 0.770. The smallest absolute Gasteiger partial charge is 0.138 e. The van der Waals surface area contributed by atoms with Gasteiger partial charge in [-0.1, -0.05) is 31.5 Å². The van der Waals surface area contributed by atoms with Crippen LogP contribution < -0.4 is 10.2 Å². The minimum atomic E-state index is 0.300. The summed E-state index contributed by atoms with van der Waals surface area (Å²) in [6.07, 6.45) is 0. The minimum Gasteiger partial charge on any atom is -0.373 e. The fourth-order valence-corrected chi connectivity index (χ4v) is 2.18. The third-order valence-corrected chi connectivity index (χ3v) is 3.44. The number of aryl methyl sites for hydroxylation is 1. The van der Waals surface area contributed by atoms with Crippen LogP contribution in [0.2, 0.25) is 0 Å². The highest BCUT2D eigenvalue weighted by Crippen LogP contribution is 2.26. The highest BCUT2D eigenvalue weighted by atomic mass is 15.2. The lowest BCUT2D eigenvalue weighted by Gasteiger charge is -2.23. The van der Waals surface area contributed by atoms with Gasteiger partial charge in [0.15, 0.2) is 0 Å². The van der Waals surface area contributed by atoms with Gasteiger partial charge in [-0.25, -0.2) is 9.97 Å². The Morgan fingerprint density at radius 1 is 1.14 bits per heavy atom. The summed E-state index contributed by atoms with van der Waals surface area (Å²) in [6.45, 7) is 9.32. The van der Waals surface area contributed by atoms with Gasteiger partial charge in [0.05, 0.1) is 0 Å². The van der Waals surface area contributed by atoms with Crippen molar-refractivity contribution in [1.82, 2.24) is 9.97 Å². The van der Waals surface area contributed by atoms with E-state index in [4.69, 9.17) is 4.98 Å². The molecule has 1 aromatic carbocycles. The second-order valence-electron chi connectivity index (χ2n) is 5.45. The largest absolute Gasteiger partial charge is 0.373 e. The normalized spacial score (nSPS) is 10.8. The molecule has 1 heterocycles. The molecule has 0 amide bonds. The average molecular weight is 284 g/mol. The second-order valence-corrected chi connectivity index (χ2v) is 5.45. The number of hydrogen-bond donors (Lipinski definition) is 1. The van der Waals surface area contributed by atoms with Crippen LogP contribution in [0.4, 0.5) is 17.3 Å². The first-order chi connectivity index (χ1) is 10.0.